The van der Waals surface area contributed by atoms with Gasteiger partial charge in [-0.05, 0) is 32.1 Å². The summed E-state index contributed by atoms with van der Waals surface area (Å²) in [6, 6.07) is 0. The molecular weight excluding hydrogens is 292 g/mol. The Balaban J connectivity index is 1.43. The molecule has 0 aromatic carbocycles. The number of aromatic nitrogens is 2. The van der Waals surface area contributed by atoms with Crippen molar-refractivity contribution in [1.29, 1.82) is 0 Å². The molecule has 1 aromatic rings. The standard InChI is InChI=1S/C17H28N4O2/c1-2-20-9-6-18-16(20)12-19-7-3-8-21(11-10-19)17(22)14-23-13-15-4-5-15/h6,9,15H,2-5,7-8,10-14H2,1H3. The second-order valence-electron chi connectivity index (χ2n) is 6.60. The number of rotatable bonds is 7. The van der Waals surface area contributed by atoms with Crippen molar-refractivity contribution >= 4 is 5.91 Å². The summed E-state index contributed by atoms with van der Waals surface area (Å²) in [5, 5.41) is 0. The predicted octanol–water partition coefficient (Wildman–Crippen LogP) is 1.36. The summed E-state index contributed by atoms with van der Waals surface area (Å²) in [6.07, 6.45) is 7.44. The van der Waals surface area contributed by atoms with Gasteiger partial charge in [-0.1, -0.05) is 0 Å². The fourth-order valence-electron chi connectivity index (χ4n) is 3.05. The molecule has 6 nitrogen and oxygen atoms in total. The molecule has 6 heteroatoms. The van der Waals surface area contributed by atoms with Crippen molar-refractivity contribution in [1.82, 2.24) is 19.4 Å². The van der Waals surface area contributed by atoms with E-state index in [9.17, 15) is 4.79 Å². The van der Waals surface area contributed by atoms with Gasteiger partial charge in [-0.15, -0.1) is 0 Å². The number of aryl methyl sites for hydroxylation is 1. The summed E-state index contributed by atoms with van der Waals surface area (Å²) in [6.45, 7) is 8.50. The maximum absolute atomic E-state index is 12.2. The number of imidazole rings is 1. The maximum atomic E-state index is 12.2. The van der Waals surface area contributed by atoms with Gasteiger partial charge in [-0.3, -0.25) is 9.69 Å². The van der Waals surface area contributed by atoms with E-state index in [4.69, 9.17) is 4.74 Å². The van der Waals surface area contributed by atoms with Crippen LogP contribution in [0.5, 0.6) is 0 Å². The molecule has 0 spiro atoms. The molecule has 1 aromatic heterocycles. The van der Waals surface area contributed by atoms with Gasteiger partial charge in [0.05, 0.1) is 13.2 Å². The third kappa shape index (κ3) is 4.78. The van der Waals surface area contributed by atoms with Crippen LogP contribution in [-0.4, -0.2) is 64.7 Å². The summed E-state index contributed by atoms with van der Waals surface area (Å²) in [5.41, 5.74) is 0. The Kier molecular flexibility index (Phi) is 5.67. The lowest BCUT2D eigenvalue weighted by atomic mass is 10.3. The molecule has 2 fully saturated rings. The summed E-state index contributed by atoms with van der Waals surface area (Å²) in [7, 11) is 0. The molecule has 23 heavy (non-hydrogen) atoms. The highest BCUT2D eigenvalue weighted by atomic mass is 16.5. The molecular formula is C17H28N4O2. The van der Waals surface area contributed by atoms with Crippen LogP contribution in [0.1, 0.15) is 32.0 Å². The SMILES string of the molecule is CCn1ccnc1CN1CCCN(C(=O)COCC2CC2)CC1. The van der Waals surface area contributed by atoms with Gasteiger partial charge in [-0.25, -0.2) is 4.98 Å². The van der Waals surface area contributed by atoms with Crippen molar-refractivity contribution in [2.24, 2.45) is 5.92 Å². The molecule has 128 valence electrons. The van der Waals surface area contributed by atoms with Gasteiger partial charge < -0.3 is 14.2 Å². The predicted molar refractivity (Wildman–Crippen MR) is 87.9 cm³/mol. The van der Waals surface area contributed by atoms with E-state index in [1.54, 1.807) is 0 Å². The second-order valence-corrected chi connectivity index (χ2v) is 6.60. The van der Waals surface area contributed by atoms with Crippen LogP contribution in [0.3, 0.4) is 0 Å². The zero-order chi connectivity index (χ0) is 16.1. The van der Waals surface area contributed by atoms with Gasteiger partial charge in [0, 0.05) is 45.1 Å². The van der Waals surface area contributed by atoms with E-state index in [1.165, 1.54) is 12.8 Å². The highest BCUT2D eigenvalue weighted by Gasteiger charge is 2.23. The monoisotopic (exact) mass is 320 g/mol. The molecule has 1 aliphatic heterocycles. The Morgan fingerprint density at radius 2 is 2.17 bits per heavy atom. The molecule has 1 saturated heterocycles. The molecule has 1 amide bonds. The van der Waals surface area contributed by atoms with Gasteiger partial charge in [0.15, 0.2) is 0 Å². The molecule has 2 aliphatic rings. The van der Waals surface area contributed by atoms with Crippen LogP contribution in [0.15, 0.2) is 12.4 Å². The zero-order valence-corrected chi connectivity index (χ0v) is 14.1. The summed E-state index contributed by atoms with van der Waals surface area (Å²) < 4.78 is 7.72. The zero-order valence-electron chi connectivity index (χ0n) is 14.1. The van der Waals surface area contributed by atoms with Gasteiger partial charge in [0.2, 0.25) is 5.91 Å². The average Bonchev–Trinajstić information content (AvgIpc) is 3.31. The Morgan fingerprint density at radius 1 is 1.30 bits per heavy atom. The van der Waals surface area contributed by atoms with E-state index >= 15 is 0 Å². The molecule has 0 atom stereocenters. The normalized spacial score (nSPS) is 19.8. The van der Waals surface area contributed by atoms with Crippen molar-refractivity contribution < 1.29 is 9.53 Å². The average molecular weight is 320 g/mol. The van der Waals surface area contributed by atoms with Crippen LogP contribution in [0.4, 0.5) is 0 Å². The number of hydrogen-bond donors (Lipinski definition) is 0. The smallest absolute Gasteiger partial charge is 0.248 e. The van der Waals surface area contributed by atoms with Gasteiger partial charge in [-0.2, -0.15) is 0 Å². The van der Waals surface area contributed by atoms with E-state index < -0.39 is 0 Å². The number of carbonyl (C=O) groups is 1. The third-order valence-electron chi connectivity index (χ3n) is 4.72. The number of ether oxygens (including phenoxy) is 1. The highest BCUT2D eigenvalue weighted by Crippen LogP contribution is 2.28. The number of amides is 1. The van der Waals surface area contributed by atoms with E-state index in [2.05, 4.69) is 21.4 Å². The minimum atomic E-state index is 0.141. The lowest BCUT2D eigenvalue weighted by molar-refractivity contribution is -0.136. The topological polar surface area (TPSA) is 50.6 Å². The molecule has 0 radical (unpaired) electrons. The minimum absolute atomic E-state index is 0.141. The first kappa shape index (κ1) is 16.5. The fourth-order valence-corrected chi connectivity index (χ4v) is 3.05. The Labute approximate surface area is 138 Å². The quantitative estimate of drug-likeness (QED) is 0.761. The molecule has 0 unspecified atom stereocenters. The Morgan fingerprint density at radius 3 is 2.96 bits per heavy atom. The maximum Gasteiger partial charge on any atom is 0.248 e. The van der Waals surface area contributed by atoms with Crippen LogP contribution < -0.4 is 0 Å². The molecule has 2 heterocycles. The van der Waals surface area contributed by atoms with Crippen LogP contribution in [0, 0.1) is 5.92 Å². The minimum Gasteiger partial charge on any atom is -0.371 e. The van der Waals surface area contributed by atoms with Gasteiger partial charge in [0.1, 0.15) is 12.4 Å². The van der Waals surface area contributed by atoms with Crippen molar-refractivity contribution in [3.05, 3.63) is 18.2 Å². The lowest BCUT2D eigenvalue weighted by Gasteiger charge is -2.22. The first-order chi connectivity index (χ1) is 11.3. The second kappa shape index (κ2) is 7.93. The first-order valence-electron chi connectivity index (χ1n) is 8.84. The van der Waals surface area contributed by atoms with Gasteiger partial charge >= 0.3 is 0 Å². The largest absolute Gasteiger partial charge is 0.371 e. The van der Waals surface area contributed by atoms with Crippen molar-refractivity contribution in [3.63, 3.8) is 0 Å². The van der Waals surface area contributed by atoms with E-state index in [0.717, 1.165) is 58.1 Å². The Bertz CT molecular complexity index is 512. The third-order valence-corrected chi connectivity index (χ3v) is 4.72. The molecule has 3 rings (SSSR count). The number of nitrogens with zero attached hydrogens (tertiary/aromatic N) is 4. The molecule has 0 N–H and O–H groups in total. The van der Waals surface area contributed by atoms with E-state index in [1.807, 2.05) is 17.3 Å². The summed E-state index contributed by atoms with van der Waals surface area (Å²) in [4.78, 5) is 21.0. The number of hydrogen-bond acceptors (Lipinski definition) is 4. The fraction of sp³-hybridized carbons (Fsp3) is 0.765. The van der Waals surface area contributed by atoms with Crippen LogP contribution >= 0.6 is 0 Å². The van der Waals surface area contributed by atoms with Crippen LogP contribution in [0.25, 0.3) is 0 Å². The van der Waals surface area contributed by atoms with Gasteiger partial charge in [0.25, 0.3) is 0 Å². The van der Waals surface area contributed by atoms with Crippen molar-refractivity contribution in [2.45, 2.75) is 39.3 Å². The number of carbonyl (C=O) groups excluding carboxylic acids is 1. The van der Waals surface area contributed by atoms with E-state index in [0.29, 0.717) is 5.92 Å². The summed E-state index contributed by atoms with van der Waals surface area (Å²) >= 11 is 0. The van der Waals surface area contributed by atoms with Crippen LogP contribution in [-0.2, 0) is 22.6 Å². The van der Waals surface area contributed by atoms with E-state index in [-0.39, 0.29) is 12.5 Å². The molecule has 0 bridgehead atoms. The molecule has 1 saturated carbocycles. The first-order valence-corrected chi connectivity index (χ1v) is 8.84. The van der Waals surface area contributed by atoms with Crippen molar-refractivity contribution in [2.75, 3.05) is 39.4 Å². The highest BCUT2D eigenvalue weighted by molar-refractivity contribution is 5.77. The Hall–Kier alpha value is -1.40. The molecule has 1 aliphatic carbocycles. The van der Waals surface area contributed by atoms with Crippen LogP contribution in [0.2, 0.25) is 0 Å². The summed E-state index contributed by atoms with van der Waals surface area (Å²) in [5.74, 6) is 1.97. The van der Waals surface area contributed by atoms with Crippen molar-refractivity contribution in [3.8, 4) is 0 Å². The lowest BCUT2D eigenvalue weighted by Crippen LogP contribution is -2.37.